The fourth-order valence-electron chi connectivity index (χ4n) is 5.03. The lowest BCUT2D eigenvalue weighted by atomic mass is 9.91. The smallest absolute Gasteiger partial charge is 0.157 e. The molecular formula is C36H32F2O6. The third-order valence-corrected chi connectivity index (χ3v) is 7.48. The lowest BCUT2D eigenvalue weighted by Crippen LogP contribution is -1.97. The number of ether oxygens (including phenoxy) is 4. The lowest BCUT2D eigenvalue weighted by Gasteiger charge is -2.15. The van der Waals surface area contributed by atoms with Crippen molar-refractivity contribution >= 4 is 36.4 Å². The molecule has 0 saturated carbocycles. The van der Waals surface area contributed by atoms with Gasteiger partial charge < -0.3 is 18.9 Å². The van der Waals surface area contributed by atoms with E-state index in [2.05, 4.69) is 0 Å². The van der Waals surface area contributed by atoms with Crippen molar-refractivity contribution < 1.29 is 37.3 Å². The standard InChI is InChI=1S/C36H32F2O6/c1-21-23(13-31(37)25-15-33(41-3)29(19-39)34(16-25)42-4)9-7-11-27(21)28-12-8-10-24(22(28)2)14-32(38)26-17-35(43-5)30(20-40)36(18-26)44-6/h7-20H,1-6H3/b31-13-,32-14-. The van der Waals surface area contributed by atoms with E-state index >= 15 is 8.78 Å². The highest BCUT2D eigenvalue weighted by molar-refractivity contribution is 5.90. The van der Waals surface area contributed by atoms with E-state index in [1.54, 1.807) is 12.1 Å². The molecule has 226 valence electrons. The molecule has 0 saturated heterocycles. The Bertz CT molecular complexity index is 1610. The van der Waals surface area contributed by atoms with E-state index in [1.165, 1.54) is 64.9 Å². The molecule has 4 rings (SSSR count). The molecule has 0 heterocycles. The molecule has 0 aromatic heterocycles. The molecule has 4 aromatic rings. The Morgan fingerprint density at radius 1 is 0.568 bits per heavy atom. The molecular weight excluding hydrogens is 566 g/mol. The molecule has 0 atom stereocenters. The second-order valence-corrected chi connectivity index (χ2v) is 9.85. The molecule has 0 aliphatic carbocycles. The van der Waals surface area contributed by atoms with Crippen molar-refractivity contribution in [3.63, 3.8) is 0 Å². The molecule has 0 unspecified atom stereocenters. The predicted molar refractivity (Wildman–Crippen MR) is 169 cm³/mol. The Balaban J connectivity index is 1.75. The molecule has 6 nitrogen and oxygen atoms in total. The number of aldehydes is 2. The Morgan fingerprint density at radius 2 is 0.886 bits per heavy atom. The zero-order valence-corrected chi connectivity index (χ0v) is 25.3. The first-order valence-electron chi connectivity index (χ1n) is 13.6. The number of hydrogen-bond acceptors (Lipinski definition) is 6. The summed E-state index contributed by atoms with van der Waals surface area (Å²) in [5, 5.41) is 0. The molecule has 44 heavy (non-hydrogen) atoms. The van der Waals surface area contributed by atoms with Crippen LogP contribution >= 0.6 is 0 Å². The van der Waals surface area contributed by atoms with Gasteiger partial charge in [-0.25, -0.2) is 8.78 Å². The van der Waals surface area contributed by atoms with Gasteiger partial charge in [0.25, 0.3) is 0 Å². The zero-order valence-electron chi connectivity index (χ0n) is 25.3. The van der Waals surface area contributed by atoms with E-state index in [-0.39, 0.29) is 45.3 Å². The normalized spacial score (nSPS) is 11.6. The van der Waals surface area contributed by atoms with E-state index in [4.69, 9.17) is 18.9 Å². The van der Waals surface area contributed by atoms with Crippen LogP contribution in [0.5, 0.6) is 23.0 Å². The van der Waals surface area contributed by atoms with Crippen LogP contribution in [0.25, 0.3) is 34.9 Å². The van der Waals surface area contributed by atoms with Crippen molar-refractivity contribution in [1.82, 2.24) is 0 Å². The molecule has 8 heteroatoms. The highest BCUT2D eigenvalue weighted by Crippen LogP contribution is 2.37. The summed E-state index contributed by atoms with van der Waals surface area (Å²) >= 11 is 0. The summed E-state index contributed by atoms with van der Waals surface area (Å²) in [6.07, 6.45) is 4.03. The predicted octanol–water partition coefficient (Wildman–Crippen LogP) is 8.57. The number of methoxy groups -OCH3 is 4. The summed E-state index contributed by atoms with van der Waals surface area (Å²) < 4.78 is 52.2. The molecule has 0 aliphatic heterocycles. The maximum Gasteiger partial charge on any atom is 0.157 e. The SMILES string of the molecule is COc1cc(/C(F)=C/c2cccc(-c3cccc(/C=C(\F)c4cc(OC)c(C=O)c(OC)c4)c3C)c2C)cc(OC)c1C=O. The van der Waals surface area contributed by atoms with Crippen LogP contribution in [-0.2, 0) is 0 Å². The average molecular weight is 599 g/mol. The van der Waals surface area contributed by atoms with Crippen molar-refractivity contribution in [3.8, 4) is 34.1 Å². The van der Waals surface area contributed by atoms with Crippen LogP contribution in [-0.4, -0.2) is 41.0 Å². The Labute approximate surface area is 255 Å². The van der Waals surface area contributed by atoms with Crippen LogP contribution in [0.3, 0.4) is 0 Å². The molecule has 0 bridgehead atoms. The number of benzene rings is 4. The first kappa shape index (κ1) is 31.7. The summed E-state index contributed by atoms with van der Waals surface area (Å²) in [4.78, 5) is 23.0. The largest absolute Gasteiger partial charge is 0.496 e. The quantitative estimate of drug-likeness (QED) is 0.127. The maximum absolute atomic E-state index is 15.6. The van der Waals surface area contributed by atoms with Crippen molar-refractivity contribution in [2.24, 2.45) is 0 Å². The maximum atomic E-state index is 15.6. The van der Waals surface area contributed by atoms with Crippen LogP contribution < -0.4 is 18.9 Å². The van der Waals surface area contributed by atoms with Gasteiger partial charge >= 0.3 is 0 Å². The monoisotopic (exact) mass is 598 g/mol. The van der Waals surface area contributed by atoms with Gasteiger partial charge in [0, 0.05) is 11.1 Å². The van der Waals surface area contributed by atoms with Crippen LogP contribution in [0.4, 0.5) is 8.78 Å². The third-order valence-electron chi connectivity index (χ3n) is 7.48. The van der Waals surface area contributed by atoms with Gasteiger partial charge in [-0.15, -0.1) is 0 Å². The van der Waals surface area contributed by atoms with Gasteiger partial charge in [0.05, 0.1) is 39.6 Å². The van der Waals surface area contributed by atoms with Gasteiger partial charge in [-0.3, -0.25) is 9.59 Å². The zero-order chi connectivity index (χ0) is 32.0. The molecule has 0 radical (unpaired) electrons. The topological polar surface area (TPSA) is 71.1 Å². The minimum Gasteiger partial charge on any atom is -0.496 e. The van der Waals surface area contributed by atoms with Crippen molar-refractivity contribution in [3.05, 3.63) is 105 Å². The number of hydrogen-bond donors (Lipinski definition) is 0. The van der Waals surface area contributed by atoms with Crippen LogP contribution in [0.1, 0.15) is 54.1 Å². The Morgan fingerprint density at radius 3 is 1.16 bits per heavy atom. The van der Waals surface area contributed by atoms with Gasteiger partial charge in [-0.2, -0.15) is 0 Å². The van der Waals surface area contributed by atoms with Gasteiger partial charge in [0.15, 0.2) is 12.6 Å². The van der Waals surface area contributed by atoms with E-state index < -0.39 is 11.7 Å². The lowest BCUT2D eigenvalue weighted by molar-refractivity contribution is 0.111. The first-order valence-corrected chi connectivity index (χ1v) is 13.6. The number of halogens is 2. The average Bonchev–Trinajstić information content (AvgIpc) is 3.05. The number of carbonyl (C=O) groups excluding carboxylic acids is 2. The molecule has 0 aliphatic rings. The molecule has 4 aromatic carbocycles. The summed E-state index contributed by atoms with van der Waals surface area (Å²) in [6, 6.07) is 16.9. The summed E-state index contributed by atoms with van der Waals surface area (Å²) in [6.45, 7) is 3.78. The van der Waals surface area contributed by atoms with Crippen molar-refractivity contribution in [1.29, 1.82) is 0 Å². The number of rotatable bonds is 11. The second kappa shape index (κ2) is 13.8. The van der Waals surface area contributed by atoms with E-state index in [9.17, 15) is 9.59 Å². The molecule has 0 fully saturated rings. The van der Waals surface area contributed by atoms with E-state index in [0.29, 0.717) is 23.7 Å². The van der Waals surface area contributed by atoms with Crippen LogP contribution in [0, 0.1) is 13.8 Å². The number of carbonyl (C=O) groups is 2. The molecule has 0 amide bonds. The van der Waals surface area contributed by atoms with Crippen LogP contribution in [0.15, 0.2) is 60.7 Å². The van der Waals surface area contributed by atoms with Crippen molar-refractivity contribution in [2.45, 2.75) is 13.8 Å². The minimum atomic E-state index is -0.541. The van der Waals surface area contributed by atoms with E-state index in [0.717, 1.165) is 22.3 Å². The minimum absolute atomic E-state index is 0.196. The molecule has 0 N–H and O–H groups in total. The third kappa shape index (κ3) is 6.24. The van der Waals surface area contributed by atoms with Gasteiger partial charge in [0.2, 0.25) is 0 Å². The summed E-state index contributed by atoms with van der Waals surface area (Å²) in [5.74, 6) is -0.275. The highest BCUT2D eigenvalue weighted by atomic mass is 19.1. The Hall–Kier alpha value is -5.24. The van der Waals surface area contributed by atoms with Gasteiger partial charge in [-0.05, 0) is 83.6 Å². The van der Waals surface area contributed by atoms with Crippen molar-refractivity contribution in [2.75, 3.05) is 28.4 Å². The summed E-state index contributed by atoms with van der Waals surface area (Å²) in [5.41, 5.74) is 5.39. The fraction of sp³-hybridized carbons (Fsp3) is 0.167. The van der Waals surface area contributed by atoms with Gasteiger partial charge in [-0.1, -0.05) is 36.4 Å². The fourth-order valence-corrected chi connectivity index (χ4v) is 5.03. The summed E-state index contributed by atoms with van der Waals surface area (Å²) in [7, 11) is 5.59. The van der Waals surface area contributed by atoms with Gasteiger partial charge in [0.1, 0.15) is 34.7 Å². The molecule has 0 spiro atoms. The second-order valence-electron chi connectivity index (χ2n) is 9.85. The first-order chi connectivity index (χ1) is 21.2. The van der Waals surface area contributed by atoms with E-state index in [1.807, 2.05) is 38.1 Å². The van der Waals surface area contributed by atoms with Crippen LogP contribution in [0.2, 0.25) is 0 Å². The highest BCUT2D eigenvalue weighted by Gasteiger charge is 2.17. The Kier molecular flexibility index (Phi) is 9.95.